The molecule has 1 aromatic heterocycles. The minimum Gasteiger partial charge on any atom is -0.330 e. The van der Waals surface area contributed by atoms with E-state index in [2.05, 4.69) is 15.5 Å². The fraction of sp³-hybridized carbons (Fsp3) is 0.467. The Bertz CT molecular complexity index is 634. The summed E-state index contributed by atoms with van der Waals surface area (Å²) in [6.45, 7) is 2.62. The molecule has 0 radical (unpaired) electrons. The Hall–Kier alpha value is -1.88. The number of hydrogen-bond acceptors (Lipinski definition) is 3. The molecule has 0 aliphatic heterocycles. The number of fused-ring (bicyclic) bond motifs is 1. The smallest absolute Gasteiger partial charge is 0.227 e. The number of hydrogen-bond donors (Lipinski definition) is 3. The van der Waals surface area contributed by atoms with Crippen LogP contribution in [-0.2, 0) is 4.79 Å². The third kappa shape index (κ3) is 2.18. The minimum absolute atomic E-state index is 0.0410. The van der Waals surface area contributed by atoms with Gasteiger partial charge in [-0.1, -0.05) is 12.5 Å². The molecule has 1 heterocycles. The number of nitrogens with one attached hydrogen (secondary N) is 2. The fourth-order valence-corrected chi connectivity index (χ4v) is 3.17. The molecule has 0 bridgehead atoms. The van der Waals surface area contributed by atoms with Crippen molar-refractivity contribution in [1.29, 1.82) is 0 Å². The Balaban J connectivity index is 1.84. The van der Waals surface area contributed by atoms with E-state index in [4.69, 9.17) is 5.73 Å². The topological polar surface area (TPSA) is 83.8 Å². The van der Waals surface area contributed by atoms with E-state index < -0.39 is 0 Å². The molecular formula is C15H20N4O. The maximum Gasteiger partial charge on any atom is 0.227 e. The molecular weight excluding hydrogens is 252 g/mol. The first kappa shape index (κ1) is 13.1. The molecule has 3 rings (SSSR count). The number of carbonyl (C=O) groups excluding carboxylic acids is 1. The van der Waals surface area contributed by atoms with E-state index in [1.165, 1.54) is 0 Å². The summed E-state index contributed by atoms with van der Waals surface area (Å²) in [6, 6.07) is 3.93. The predicted octanol–water partition coefficient (Wildman–Crippen LogP) is 2.18. The summed E-state index contributed by atoms with van der Waals surface area (Å²) in [5, 5.41) is 11.1. The van der Waals surface area contributed by atoms with Gasteiger partial charge in [0.1, 0.15) is 0 Å². The van der Waals surface area contributed by atoms with Crippen LogP contribution in [0, 0.1) is 18.8 Å². The summed E-state index contributed by atoms with van der Waals surface area (Å²) >= 11 is 0. The second kappa shape index (κ2) is 5.25. The van der Waals surface area contributed by atoms with Gasteiger partial charge in [0.15, 0.2) is 0 Å². The molecule has 1 aliphatic carbocycles. The maximum atomic E-state index is 12.4. The zero-order valence-corrected chi connectivity index (χ0v) is 11.6. The maximum absolute atomic E-state index is 12.4. The van der Waals surface area contributed by atoms with Crippen LogP contribution in [0.25, 0.3) is 10.9 Å². The number of aromatic amines is 1. The van der Waals surface area contributed by atoms with Gasteiger partial charge in [-0.15, -0.1) is 0 Å². The van der Waals surface area contributed by atoms with Crippen molar-refractivity contribution in [3.8, 4) is 0 Å². The second-order valence-corrected chi connectivity index (χ2v) is 5.61. The van der Waals surface area contributed by atoms with Crippen LogP contribution in [-0.4, -0.2) is 22.6 Å². The molecule has 1 fully saturated rings. The SMILES string of the molecule is Cc1ccc(NC(=O)[C@@H]2CCC[C@@H]2CN)c2[nH]ncc12. The molecule has 4 N–H and O–H groups in total. The Morgan fingerprint density at radius 1 is 1.50 bits per heavy atom. The van der Waals surface area contributed by atoms with Crippen molar-refractivity contribution in [3.05, 3.63) is 23.9 Å². The van der Waals surface area contributed by atoms with Gasteiger partial charge in [0.25, 0.3) is 0 Å². The van der Waals surface area contributed by atoms with Gasteiger partial charge in [-0.25, -0.2) is 0 Å². The fourth-order valence-electron chi connectivity index (χ4n) is 3.17. The molecule has 2 aromatic rings. The lowest BCUT2D eigenvalue weighted by molar-refractivity contribution is -0.120. The van der Waals surface area contributed by atoms with E-state index in [1.54, 1.807) is 6.20 Å². The van der Waals surface area contributed by atoms with Crippen LogP contribution in [0.3, 0.4) is 0 Å². The molecule has 0 unspecified atom stereocenters. The standard InChI is InChI=1S/C15H20N4O/c1-9-5-6-13(14-12(9)8-17-19-14)18-15(20)11-4-2-3-10(11)7-16/h5-6,8,10-11H,2-4,7,16H2,1H3,(H,17,19)(H,18,20)/t10-,11-/m1/s1. The molecule has 1 aliphatic rings. The molecule has 1 amide bonds. The summed E-state index contributed by atoms with van der Waals surface area (Å²) in [5.41, 5.74) is 8.59. The number of anilines is 1. The number of aromatic nitrogens is 2. The van der Waals surface area contributed by atoms with Crippen LogP contribution in [0.4, 0.5) is 5.69 Å². The zero-order valence-electron chi connectivity index (χ0n) is 11.6. The quantitative estimate of drug-likeness (QED) is 0.800. The number of rotatable bonds is 3. The van der Waals surface area contributed by atoms with Crippen molar-refractivity contribution in [3.63, 3.8) is 0 Å². The number of H-pyrrole nitrogens is 1. The van der Waals surface area contributed by atoms with Crippen LogP contribution >= 0.6 is 0 Å². The summed E-state index contributed by atoms with van der Waals surface area (Å²) < 4.78 is 0. The van der Waals surface area contributed by atoms with Crippen molar-refractivity contribution in [2.45, 2.75) is 26.2 Å². The van der Waals surface area contributed by atoms with Crippen molar-refractivity contribution in [2.75, 3.05) is 11.9 Å². The average Bonchev–Trinajstić information content (AvgIpc) is 3.09. The van der Waals surface area contributed by atoms with E-state index in [1.807, 2.05) is 19.1 Å². The highest BCUT2D eigenvalue weighted by Crippen LogP contribution is 2.32. The van der Waals surface area contributed by atoms with E-state index in [0.29, 0.717) is 12.5 Å². The molecule has 1 aromatic carbocycles. The zero-order chi connectivity index (χ0) is 14.1. The van der Waals surface area contributed by atoms with Crippen LogP contribution in [0.15, 0.2) is 18.3 Å². The minimum atomic E-state index is 0.0410. The van der Waals surface area contributed by atoms with Crippen molar-refractivity contribution in [1.82, 2.24) is 10.2 Å². The highest BCUT2D eigenvalue weighted by atomic mass is 16.1. The highest BCUT2D eigenvalue weighted by Gasteiger charge is 2.32. The first-order valence-electron chi connectivity index (χ1n) is 7.14. The van der Waals surface area contributed by atoms with Gasteiger partial charge in [-0.2, -0.15) is 5.10 Å². The van der Waals surface area contributed by atoms with Crippen molar-refractivity contribution >= 4 is 22.5 Å². The summed E-state index contributed by atoms with van der Waals surface area (Å²) in [4.78, 5) is 12.4. The molecule has 0 spiro atoms. The number of benzene rings is 1. The van der Waals surface area contributed by atoms with E-state index in [-0.39, 0.29) is 11.8 Å². The first-order chi connectivity index (χ1) is 9.70. The molecule has 0 saturated heterocycles. The van der Waals surface area contributed by atoms with E-state index in [0.717, 1.165) is 41.4 Å². The number of nitrogens with two attached hydrogens (primary N) is 1. The Morgan fingerprint density at radius 2 is 2.35 bits per heavy atom. The molecule has 5 heteroatoms. The van der Waals surface area contributed by atoms with Gasteiger partial charge in [0.05, 0.1) is 17.4 Å². The Morgan fingerprint density at radius 3 is 3.15 bits per heavy atom. The largest absolute Gasteiger partial charge is 0.330 e. The van der Waals surface area contributed by atoms with Gasteiger partial charge >= 0.3 is 0 Å². The van der Waals surface area contributed by atoms with Gasteiger partial charge < -0.3 is 11.1 Å². The molecule has 106 valence electrons. The lowest BCUT2D eigenvalue weighted by Gasteiger charge is -2.17. The molecule has 1 saturated carbocycles. The number of nitrogens with zero attached hydrogens (tertiary/aromatic N) is 1. The molecule has 20 heavy (non-hydrogen) atoms. The van der Waals surface area contributed by atoms with E-state index in [9.17, 15) is 4.79 Å². The summed E-state index contributed by atoms with van der Waals surface area (Å²) in [5.74, 6) is 0.440. The lowest BCUT2D eigenvalue weighted by Crippen LogP contribution is -2.29. The van der Waals surface area contributed by atoms with Crippen LogP contribution < -0.4 is 11.1 Å². The highest BCUT2D eigenvalue weighted by molar-refractivity contribution is 6.02. The summed E-state index contributed by atoms with van der Waals surface area (Å²) in [6.07, 6.45) is 4.87. The lowest BCUT2D eigenvalue weighted by atomic mass is 9.95. The van der Waals surface area contributed by atoms with Crippen molar-refractivity contribution < 1.29 is 4.79 Å². The number of aryl methyl sites for hydroxylation is 1. The van der Waals surface area contributed by atoms with Crippen LogP contribution in [0.2, 0.25) is 0 Å². The third-order valence-electron chi connectivity index (χ3n) is 4.39. The van der Waals surface area contributed by atoms with Crippen LogP contribution in [0.1, 0.15) is 24.8 Å². The number of amides is 1. The van der Waals surface area contributed by atoms with Crippen molar-refractivity contribution in [2.24, 2.45) is 17.6 Å². The van der Waals surface area contributed by atoms with Gasteiger partial charge in [-0.05, 0) is 43.9 Å². The third-order valence-corrected chi connectivity index (χ3v) is 4.39. The predicted molar refractivity (Wildman–Crippen MR) is 79.3 cm³/mol. The number of carbonyl (C=O) groups is 1. The second-order valence-electron chi connectivity index (χ2n) is 5.61. The average molecular weight is 272 g/mol. The summed E-state index contributed by atoms with van der Waals surface area (Å²) in [7, 11) is 0. The Kier molecular flexibility index (Phi) is 3.44. The van der Waals surface area contributed by atoms with Crippen LogP contribution in [0.5, 0.6) is 0 Å². The first-order valence-corrected chi connectivity index (χ1v) is 7.14. The van der Waals surface area contributed by atoms with E-state index >= 15 is 0 Å². The molecule has 5 nitrogen and oxygen atoms in total. The van der Waals surface area contributed by atoms with Gasteiger partial charge in [-0.3, -0.25) is 9.89 Å². The Labute approximate surface area is 117 Å². The van der Waals surface area contributed by atoms with Gasteiger partial charge in [0, 0.05) is 11.3 Å². The monoisotopic (exact) mass is 272 g/mol. The van der Waals surface area contributed by atoms with Gasteiger partial charge in [0.2, 0.25) is 5.91 Å². The normalized spacial score (nSPS) is 22.3. The molecule has 2 atom stereocenters.